The van der Waals surface area contributed by atoms with Crippen molar-refractivity contribution in [1.82, 2.24) is 9.97 Å². The number of benzene rings is 1. The summed E-state index contributed by atoms with van der Waals surface area (Å²) in [6, 6.07) is 9.41. The molecule has 108 valence electrons. The number of aryl methyl sites for hydroxylation is 2. The standard InChI is InChI=1S/C16H16N2O2S/c1-10-9-11(2)18-16(17-10)21-14-7-5-13(6-8-14)20-15(19)12-3-4-12/h5-9,12H,3-4H2,1-2H3. The van der Waals surface area contributed by atoms with Gasteiger partial charge in [0.05, 0.1) is 5.92 Å². The molecule has 0 amide bonds. The molecule has 1 aliphatic carbocycles. The summed E-state index contributed by atoms with van der Waals surface area (Å²) in [5, 5.41) is 0.732. The van der Waals surface area contributed by atoms with Crippen molar-refractivity contribution in [2.45, 2.75) is 36.7 Å². The van der Waals surface area contributed by atoms with Gasteiger partial charge in [0.15, 0.2) is 5.16 Å². The summed E-state index contributed by atoms with van der Waals surface area (Å²) in [4.78, 5) is 21.4. The lowest BCUT2D eigenvalue weighted by atomic mass is 10.3. The highest BCUT2D eigenvalue weighted by molar-refractivity contribution is 7.99. The minimum Gasteiger partial charge on any atom is -0.426 e. The lowest BCUT2D eigenvalue weighted by Crippen LogP contribution is -2.09. The molecule has 4 nitrogen and oxygen atoms in total. The van der Waals surface area contributed by atoms with Crippen molar-refractivity contribution < 1.29 is 9.53 Å². The lowest BCUT2D eigenvalue weighted by Gasteiger charge is -2.05. The number of aromatic nitrogens is 2. The molecule has 0 unspecified atom stereocenters. The molecular formula is C16H16N2O2S. The van der Waals surface area contributed by atoms with Crippen LogP contribution >= 0.6 is 11.8 Å². The van der Waals surface area contributed by atoms with Crippen LogP contribution in [0.4, 0.5) is 0 Å². The van der Waals surface area contributed by atoms with E-state index in [0.29, 0.717) is 5.75 Å². The van der Waals surface area contributed by atoms with Crippen molar-refractivity contribution in [1.29, 1.82) is 0 Å². The number of carbonyl (C=O) groups excluding carboxylic acids is 1. The topological polar surface area (TPSA) is 52.1 Å². The first-order valence-electron chi connectivity index (χ1n) is 6.92. The second kappa shape index (κ2) is 5.85. The Hall–Kier alpha value is -1.88. The highest BCUT2D eigenvalue weighted by atomic mass is 32.2. The fourth-order valence-corrected chi connectivity index (χ4v) is 2.80. The molecule has 0 N–H and O–H groups in total. The van der Waals surface area contributed by atoms with Gasteiger partial charge in [0.2, 0.25) is 0 Å². The van der Waals surface area contributed by atoms with E-state index in [1.54, 1.807) is 0 Å². The van der Waals surface area contributed by atoms with Gasteiger partial charge in [0.25, 0.3) is 0 Å². The molecule has 1 fully saturated rings. The molecule has 0 radical (unpaired) electrons. The van der Waals surface area contributed by atoms with Crippen LogP contribution in [-0.4, -0.2) is 15.9 Å². The smallest absolute Gasteiger partial charge is 0.314 e. The van der Waals surface area contributed by atoms with Crippen LogP contribution < -0.4 is 4.74 Å². The zero-order chi connectivity index (χ0) is 14.8. The zero-order valence-electron chi connectivity index (χ0n) is 12.0. The van der Waals surface area contributed by atoms with Crippen molar-refractivity contribution in [2.75, 3.05) is 0 Å². The van der Waals surface area contributed by atoms with Gasteiger partial charge in [-0.15, -0.1) is 0 Å². The summed E-state index contributed by atoms with van der Waals surface area (Å²) in [5.74, 6) is 0.591. The fraction of sp³-hybridized carbons (Fsp3) is 0.312. The van der Waals surface area contributed by atoms with Crippen molar-refractivity contribution >= 4 is 17.7 Å². The number of hydrogen-bond acceptors (Lipinski definition) is 5. The molecule has 1 aliphatic rings. The van der Waals surface area contributed by atoms with Crippen molar-refractivity contribution in [3.05, 3.63) is 41.7 Å². The van der Waals surface area contributed by atoms with Gasteiger partial charge in [0.1, 0.15) is 5.75 Å². The van der Waals surface area contributed by atoms with Gasteiger partial charge in [-0.3, -0.25) is 4.79 Å². The molecule has 1 saturated carbocycles. The monoisotopic (exact) mass is 300 g/mol. The van der Waals surface area contributed by atoms with Gasteiger partial charge in [0, 0.05) is 16.3 Å². The third-order valence-electron chi connectivity index (χ3n) is 3.12. The van der Waals surface area contributed by atoms with E-state index in [2.05, 4.69) is 9.97 Å². The Bertz CT molecular complexity index is 646. The third-order valence-corrected chi connectivity index (χ3v) is 4.00. The molecule has 2 aromatic rings. The van der Waals surface area contributed by atoms with E-state index < -0.39 is 0 Å². The number of rotatable bonds is 4. The van der Waals surface area contributed by atoms with Gasteiger partial charge < -0.3 is 4.74 Å². The average molecular weight is 300 g/mol. The van der Waals surface area contributed by atoms with Crippen LogP contribution in [0.3, 0.4) is 0 Å². The first-order chi connectivity index (χ1) is 10.1. The molecule has 1 aromatic carbocycles. The van der Waals surface area contributed by atoms with E-state index >= 15 is 0 Å². The number of carbonyl (C=O) groups is 1. The molecule has 0 saturated heterocycles. The molecule has 1 aromatic heterocycles. The Morgan fingerprint density at radius 1 is 1.14 bits per heavy atom. The normalized spacial score (nSPS) is 14.0. The van der Waals surface area contributed by atoms with Gasteiger partial charge in [-0.25, -0.2) is 9.97 Å². The highest BCUT2D eigenvalue weighted by Gasteiger charge is 2.31. The van der Waals surface area contributed by atoms with Crippen molar-refractivity contribution in [3.8, 4) is 5.75 Å². The Kier molecular flexibility index (Phi) is 3.92. The Morgan fingerprint density at radius 2 is 1.76 bits per heavy atom. The van der Waals surface area contributed by atoms with E-state index in [4.69, 9.17) is 4.74 Å². The molecular weight excluding hydrogens is 284 g/mol. The Labute approximate surface area is 128 Å². The SMILES string of the molecule is Cc1cc(C)nc(Sc2ccc(OC(=O)C3CC3)cc2)n1. The molecule has 5 heteroatoms. The predicted molar refractivity (Wildman–Crippen MR) is 80.4 cm³/mol. The maximum absolute atomic E-state index is 11.6. The van der Waals surface area contributed by atoms with Gasteiger partial charge >= 0.3 is 5.97 Å². The van der Waals surface area contributed by atoms with Crippen LogP contribution in [0.1, 0.15) is 24.2 Å². The Morgan fingerprint density at radius 3 is 2.33 bits per heavy atom. The van der Waals surface area contributed by atoms with Crippen LogP contribution in [0.5, 0.6) is 5.75 Å². The largest absolute Gasteiger partial charge is 0.426 e. The second-order valence-electron chi connectivity index (χ2n) is 5.20. The van der Waals surface area contributed by atoms with Crippen LogP contribution in [0.2, 0.25) is 0 Å². The van der Waals surface area contributed by atoms with Gasteiger partial charge in [-0.2, -0.15) is 0 Å². The van der Waals surface area contributed by atoms with Crippen LogP contribution in [0.25, 0.3) is 0 Å². The van der Waals surface area contributed by atoms with Crippen molar-refractivity contribution in [2.24, 2.45) is 5.92 Å². The predicted octanol–water partition coefficient (Wildman–Crippen LogP) is 3.56. The van der Waals surface area contributed by atoms with Crippen LogP contribution in [0, 0.1) is 19.8 Å². The van der Waals surface area contributed by atoms with Gasteiger partial charge in [-0.1, -0.05) is 0 Å². The summed E-state index contributed by atoms with van der Waals surface area (Å²) < 4.78 is 5.30. The fourth-order valence-electron chi connectivity index (χ4n) is 1.94. The summed E-state index contributed by atoms with van der Waals surface area (Å²) >= 11 is 1.50. The second-order valence-corrected chi connectivity index (χ2v) is 6.24. The first-order valence-corrected chi connectivity index (χ1v) is 7.74. The first kappa shape index (κ1) is 14.1. The highest BCUT2D eigenvalue weighted by Crippen LogP contribution is 2.31. The Balaban J connectivity index is 1.67. The van der Waals surface area contributed by atoms with E-state index in [1.165, 1.54) is 11.8 Å². The maximum atomic E-state index is 11.6. The molecule has 0 spiro atoms. The van der Waals surface area contributed by atoms with E-state index in [1.807, 2.05) is 44.2 Å². The van der Waals surface area contributed by atoms with E-state index in [-0.39, 0.29) is 11.9 Å². The molecule has 3 rings (SSSR count). The van der Waals surface area contributed by atoms with Crippen molar-refractivity contribution in [3.63, 3.8) is 0 Å². The summed E-state index contributed by atoms with van der Waals surface area (Å²) in [6.45, 7) is 3.92. The van der Waals surface area contributed by atoms with Crippen LogP contribution in [0.15, 0.2) is 40.4 Å². The minimum absolute atomic E-state index is 0.114. The number of nitrogens with zero attached hydrogens (tertiary/aromatic N) is 2. The summed E-state index contributed by atoms with van der Waals surface area (Å²) in [6.07, 6.45) is 1.91. The number of esters is 1. The average Bonchev–Trinajstić information content (AvgIpc) is 3.24. The van der Waals surface area contributed by atoms with E-state index in [9.17, 15) is 4.79 Å². The lowest BCUT2D eigenvalue weighted by molar-refractivity contribution is -0.135. The minimum atomic E-state index is -0.118. The zero-order valence-corrected chi connectivity index (χ0v) is 12.8. The van der Waals surface area contributed by atoms with Gasteiger partial charge in [-0.05, 0) is 68.8 Å². The molecule has 0 aliphatic heterocycles. The number of ether oxygens (including phenoxy) is 1. The number of hydrogen-bond donors (Lipinski definition) is 0. The molecule has 0 atom stereocenters. The third kappa shape index (κ3) is 3.82. The van der Waals surface area contributed by atoms with Crippen LogP contribution in [-0.2, 0) is 4.79 Å². The maximum Gasteiger partial charge on any atom is 0.314 e. The quantitative estimate of drug-likeness (QED) is 0.491. The van der Waals surface area contributed by atoms with E-state index in [0.717, 1.165) is 34.3 Å². The molecule has 21 heavy (non-hydrogen) atoms. The summed E-state index contributed by atoms with van der Waals surface area (Å²) in [7, 11) is 0. The molecule has 0 bridgehead atoms. The molecule has 1 heterocycles. The summed E-state index contributed by atoms with van der Waals surface area (Å²) in [5.41, 5.74) is 1.92.